The molecule has 0 aliphatic rings. The van der Waals surface area contributed by atoms with Gasteiger partial charge in [-0.2, -0.15) is 9.97 Å². The minimum absolute atomic E-state index is 0.314. The number of nitrogens with zero attached hydrogens (tertiary/aromatic N) is 5. The van der Waals surface area contributed by atoms with E-state index in [1.165, 1.54) is 18.4 Å². The normalized spacial score (nSPS) is 11.1. The number of hydrogen-bond donors (Lipinski definition) is 0. The second-order valence-corrected chi connectivity index (χ2v) is 5.34. The molecule has 0 bridgehead atoms. The van der Waals surface area contributed by atoms with Gasteiger partial charge < -0.3 is 13.5 Å². The van der Waals surface area contributed by atoms with Crippen LogP contribution in [0.4, 0.5) is 4.39 Å². The van der Waals surface area contributed by atoms with Crippen molar-refractivity contribution >= 4 is 0 Å². The lowest BCUT2D eigenvalue weighted by molar-refractivity contribution is 0.376. The average molecular weight is 341 g/mol. The molecule has 25 heavy (non-hydrogen) atoms. The fraction of sp³-hybridized carbons (Fsp3) is 0.188. The first-order chi connectivity index (χ1) is 12.2. The van der Waals surface area contributed by atoms with Crippen molar-refractivity contribution in [2.45, 2.75) is 19.8 Å². The Morgan fingerprint density at radius 1 is 0.920 bits per heavy atom. The molecule has 0 N–H and O–H groups in total. The molecule has 4 rings (SSSR count). The molecule has 8 nitrogen and oxygen atoms in total. The van der Waals surface area contributed by atoms with Crippen LogP contribution in [0.15, 0.2) is 44.0 Å². The minimum atomic E-state index is -0.314. The maximum atomic E-state index is 13.0. The number of hydrogen-bond acceptors (Lipinski definition) is 8. The third-order valence-corrected chi connectivity index (χ3v) is 3.37. The van der Waals surface area contributed by atoms with Crippen LogP contribution < -0.4 is 0 Å². The summed E-state index contributed by atoms with van der Waals surface area (Å²) in [6, 6.07) is 5.90. The molecule has 0 saturated carbocycles. The fourth-order valence-corrected chi connectivity index (χ4v) is 2.26. The van der Waals surface area contributed by atoms with Crippen molar-refractivity contribution in [1.82, 2.24) is 25.3 Å². The summed E-state index contributed by atoms with van der Waals surface area (Å²) in [6.45, 7) is 1.71. The van der Waals surface area contributed by atoms with E-state index >= 15 is 0 Å². The first kappa shape index (κ1) is 15.2. The minimum Gasteiger partial charge on any atom is -0.444 e. The molecule has 3 heterocycles. The molecule has 0 spiro atoms. The van der Waals surface area contributed by atoms with Gasteiger partial charge in [0.25, 0.3) is 0 Å². The number of aryl methyl sites for hydroxylation is 1. The highest BCUT2D eigenvalue weighted by Gasteiger charge is 2.14. The zero-order valence-corrected chi connectivity index (χ0v) is 13.1. The van der Waals surface area contributed by atoms with Gasteiger partial charge in [0.2, 0.25) is 17.7 Å². The van der Waals surface area contributed by atoms with Crippen molar-refractivity contribution in [2.75, 3.05) is 0 Å². The molecule has 0 radical (unpaired) electrons. The van der Waals surface area contributed by atoms with Gasteiger partial charge in [-0.3, -0.25) is 0 Å². The van der Waals surface area contributed by atoms with Gasteiger partial charge in [0.05, 0.1) is 18.5 Å². The van der Waals surface area contributed by atoms with Gasteiger partial charge in [-0.1, -0.05) is 10.3 Å². The van der Waals surface area contributed by atoms with Crippen molar-refractivity contribution in [2.24, 2.45) is 0 Å². The van der Waals surface area contributed by atoms with E-state index in [-0.39, 0.29) is 5.82 Å². The molecule has 0 amide bonds. The molecular formula is C16H12FN5O3. The van der Waals surface area contributed by atoms with E-state index in [4.69, 9.17) is 13.5 Å². The number of halogens is 1. The summed E-state index contributed by atoms with van der Waals surface area (Å²) in [5, 5.41) is 7.67. The van der Waals surface area contributed by atoms with Crippen LogP contribution in [0.5, 0.6) is 0 Å². The smallest absolute Gasteiger partial charge is 0.232 e. The van der Waals surface area contributed by atoms with Gasteiger partial charge in [0, 0.05) is 12.5 Å². The van der Waals surface area contributed by atoms with Crippen LogP contribution in [0.1, 0.15) is 29.1 Å². The van der Waals surface area contributed by atoms with Crippen molar-refractivity contribution in [1.29, 1.82) is 0 Å². The summed E-state index contributed by atoms with van der Waals surface area (Å²) < 4.78 is 28.5. The van der Waals surface area contributed by atoms with Gasteiger partial charge in [0.1, 0.15) is 12.1 Å². The fourth-order valence-electron chi connectivity index (χ4n) is 2.26. The lowest BCUT2D eigenvalue weighted by atomic mass is 10.2. The molecular weight excluding hydrogens is 329 g/mol. The summed E-state index contributed by atoms with van der Waals surface area (Å²) in [5.74, 6) is 1.91. The molecule has 0 atom stereocenters. The predicted octanol–water partition coefficient (Wildman–Crippen LogP) is 2.74. The third kappa shape index (κ3) is 3.44. The SMILES string of the molecule is Cc1nc(Cc2noc(Cc3coc(-c4ccc(F)cc4)n3)n2)no1. The molecule has 0 aliphatic carbocycles. The number of oxazole rings is 1. The van der Waals surface area contributed by atoms with Crippen LogP contribution in [-0.4, -0.2) is 25.3 Å². The Morgan fingerprint density at radius 2 is 1.68 bits per heavy atom. The summed E-state index contributed by atoms with van der Waals surface area (Å²) in [7, 11) is 0. The van der Waals surface area contributed by atoms with E-state index in [0.29, 0.717) is 53.4 Å². The summed E-state index contributed by atoms with van der Waals surface area (Å²) in [6.07, 6.45) is 2.15. The Kier molecular flexibility index (Phi) is 3.81. The van der Waals surface area contributed by atoms with Crippen molar-refractivity contribution < 1.29 is 17.9 Å². The lowest BCUT2D eigenvalue weighted by Crippen LogP contribution is -1.94. The van der Waals surface area contributed by atoms with E-state index in [2.05, 4.69) is 25.3 Å². The second-order valence-electron chi connectivity index (χ2n) is 5.34. The molecule has 0 aliphatic heterocycles. The van der Waals surface area contributed by atoms with Gasteiger partial charge >= 0.3 is 0 Å². The zero-order valence-electron chi connectivity index (χ0n) is 13.1. The van der Waals surface area contributed by atoms with Crippen LogP contribution in [0.2, 0.25) is 0 Å². The van der Waals surface area contributed by atoms with Crippen LogP contribution in [0, 0.1) is 12.7 Å². The third-order valence-electron chi connectivity index (χ3n) is 3.37. The Balaban J connectivity index is 1.45. The molecule has 0 fully saturated rings. The summed E-state index contributed by atoms with van der Waals surface area (Å²) in [5.41, 5.74) is 1.32. The molecule has 126 valence electrons. The Bertz CT molecular complexity index is 989. The van der Waals surface area contributed by atoms with Crippen LogP contribution in [-0.2, 0) is 12.8 Å². The standard InChI is InChI=1S/C16H12FN5O3/c1-9-18-13(21-24-9)7-14-20-15(25-22-14)6-12-8-23-16(19-12)10-2-4-11(17)5-3-10/h2-5,8H,6-7H2,1H3. The van der Waals surface area contributed by atoms with Gasteiger partial charge in [-0.15, -0.1) is 0 Å². The molecule has 4 aromatic rings. The first-order valence-corrected chi connectivity index (χ1v) is 7.47. The first-order valence-electron chi connectivity index (χ1n) is 7.47. The predicted molar refractivity (Wildman–Crippen MR) is 80.8 cm³/mol. The maximum Gasteiger partial charge on any atom is 0.232 e. The van der Waals surface area contributed by atoms with Crippen molar-refractivity contribution in [3.63, 3.8) is 0 Å². The lowest BCUT2D eigenvalue weighted by Gasteiger charge is -1.93. The van der Waals surface area contributed by atoms with E-state index in [0.717, 1.165) is 0 Å². The number of benzene rings is 1. The Hall–Kier alpha value is -3.36. The van der Waals surface area contributed by atoms with Gasteiger partial charge in [-0.05, 0) is 24.3 Å². The Labute approximate surface area is 140 Å². The topological polar surface area (TPSA) is 104 Å². The van der Waals surface area contributed by atoms with E-state index in [1.54, 1.807) is 19.1 Å². The number of rotatable bonds is 5. The highest BCUT2D eigenvalue weighted by molar-refractivity contribution is 5.52. The Morgan fingerprint density at radius 3 is 2.44 bits per heavy atom. The van der Waals surface area contributed by atoms with Gasteiger partial charge in [0.15, 0.2) is 11.6 Å². The highest BCUT2D eigenvalue weighted by atomic mass is 19.1. The van der Waals surface area contributed by atoms with Crippen LogP contribution >= 0.6 is 0 Å². The highest BCUT2D eigenvalue weighted by Crippen LogP contribution is 2.20. The average Bonchev–Trinajstić information content (AvgIpc) is 3.32. The molecule has 1 aromatic carbocycles. The second kappa shape index (κ2) is 6.27. The van der Waals surface area contributed by atoms with Crippen LogP contribution in [0.25, 0.3) is 11.5 Å². The molecule has 0 saturated heterocycles. The molecule has 3 aromatic heterocycles. The zero-order chi connectivity index (χ0) is 17.2. The van der Waals surface area contributed by atoms with E-state index < -0.39 is 0 Å². The van der Waals surface area contributed by atoms with Crippen molar-refractivity contribution in [3.8, 4) is 11.5 Å². The number of aromatic nitrogens is 5. The monoisotopic (exact) mass is 341 g/mol. The largest absolute Gasteiger partial charge is 0.444 e. The summed E-state index contributed by atoms with van der Waals surface area (Å²) in [4.78, 5) is 12.7. The maximum absolute atomic E-state index is 13.0. The van der Waals surface area contributed by atoms with E-state index in [9.17, 15) is 4.39 Å². The van der Waals surface area contributed by atoms with E-state index in [1.807, 2.05) is 0 Å². The molecule has 9 heteroatoms. The quantitative estimate of drug-likeness (QED) is 0.546. The van der Waals surface area contributed by atoms with Crippen LogP contribution in [0.3, 0.4) is 0 Å². The van der Waals surface area contributed by atoms with Crippen molar-refractivity contribution in [3.05, 3.63) is 65.5 Å². The van der Waals surface area contributed by atoms with Gasteiger partial charge in [-0.25, -0.2) is 9.37 Å². The summed E-state index contributed by atoms with van der Waals surface area (Å²) >= 11 is 0. The molecule has 0 unspecified atom stereocenters.